The second-order valence-electron chi connectivity index (χ2n) is 3.20. The first kappa shape index (κ1) is 8.17. The zero-order chi connectivity index (χ0) is 9.10. The number of nitroso groups, excluding NO2 is 1. The van der Waals surface area contributed by atoms with Crippen molar-refractivity contribution in [2.45, 2.75) is 12.8 Å². The second kappa shape index (κ2) is 3.52. The van der Waals surface area contributed by atoms with Gasteiger partial charge in [-0.1, -0.05) is 18.2 Å². The van der Waals surface area contributed by atoms with Crippen LogP contribution in [0.3, 0.4) is 0 Å². The van der Waals surface area contributed by atoms with Crippen LogP contribution in [-0.4, -0.2) is 11.3 Å². The Morgan fingerprint density at radius 2 is 1.92 bits per heavy atom. The fourth-order valence-corrected chi connectivity index (χ4v) is 1.57. The molecule has 0 bridgehead atoms. The summed E-state index contributed by atoms with van der Waals surface area (Å²) in [6.45, 7) is 0.626. The summed E-state index contributed by atoms with van der Waals surface area (Å²) in [5.74, 6) is 0. The molecule has 0 radical (unpaired) electrons. The third-order valence-corrected chi connectivity index (χ3v) is 2.24. The van der Waals surface area contributed by atoms with Gasteiger partial charge < -0.3 is 0 Å². The topological polar surface area (TPSA) is 20.1 Å². The molecular weight excluding hydrogens is 162 g/mol. The van der Waals surface area contributed by atoms with Crippen LogP contribution in [0.25, 0.3) is 5.70 Å². The number of hydrogen-bond acceptors (Lipinski definition) is 1. The zero-order valence-electron chi connectivity index (χ0n) is 7.44. The van der Waals surface area contributed by atoms with E-state index in [2.05, 4.69) is 0 Å². The van der Waals surface area contributed by atoms with Crippen molar-refractivity contribution in [1.82, 2.24) is 0 Å². The van der Waals surface area contributed by atoms with Crippen molar-refractivity contribution >= 4 is 5.70 Å². The third kappa shape index (κ3) is 1.66. The molecule has 0 aromatic heterocycles. The van der Waals surface area contributed by atoms with Crippen molar-refractivity contribution in [2.24, 2.45) is 0 Å². The smallest absolute Gasteiger partial charge is 0.0622 e. The Morgan fingerprint density at radius 3 is 2.62 bits per heavy atom. The number of nitrogens with zero attached hydrogens (tertiary/aromatic N) is 1. The van der Waals surface area contributed by atoms with E-state index in [1.165, 1.54) is 0 Å². The quantitative estimate of drug-likeness (QED) is 0.599. The predicted octanol–water partition coefficient (Wildman–Crippen LogP) is 2.60. The standard InChI is InChI=1S/C11H12NO/c13-12-9-5-4-8-11(12)10-6-2-1-3-7-10/h1-3,6-8H,4-5,9H2/q+1. The molecule has 1 aromatic carbocycles. The first-order valence-electron chi connectivity index (χ1n) is 4.58. The van der Waals surface area contributed by atoms with Crippen LogP contribution in [0.1, 0.15) is 18.4 Å². The minimum absolute atomic E-state index is 0.626. The average molecular weight is 174 g/mol. The minimum atomic E-state index is 0.626. The SMILES string of the molecule is O=[N+]1CCCC=C1c1ccccc1. The Bertz CT molecular complexity index is 340. The van der Waals surface area contributed by atoms with E-state index in [1.54, 1.807) is 0 Å². The van der Waals surface area contributed by atoms with E-state index in [0.717, 1.165) is 28.9 Å². The minimum Gasteiger partial charge on any atom is -0.0622 e. The Kier molecular flexibility index (Phi) is 2.21. The molecule has 0 unspecified atom stereocenters. The molecule has 66 valence electrons. The summed E-state index contributed by atoms with van der Waals surface area (Å²) in [6, 6.07) is 9.82. The van der Waals surface area contributed by atoms with Crippen molar-refractivity contribution in [1.29, 1.82) is 0 Å². The summed E-state index contributed by atoms with van der Waals surface area (Å²) in [5.41, 5.74) is 1.85. The lowest BCUT2D eigenvalue weighted by Gasteiger charge is -2.03. The summed E-state index contributed by atoms with van der Waals surface area (Å²) in [4.78, 5) is 11.4. The maximum absolute atomic E-state index is 11.4. The van der Waals surface area contributed by atoms with Gasteiger partial charge in [0.1, 0.15) is 0 Å². The lowest BCUT2D eigenvalue weighted by Crippen LogP contribution is -2.12. The Morgan fingerprint density at radius 1 is 1.15 bits per heavy atom. The predicted molar refractivity (Wildman–Crippen MR) is 52.1 cm³/mol. The summed E-state index contributed by atoms with van der Waals surface area (Å²) in [7, 11) is 0. The van der Waals surface area contributed by atoms with E-state index in [0.29, 0.717) is 6.54 Å². The van der Waals surface area contributed by atoms with Crippen molar-refractivity contribution in [2.75, 3.05) is 6.54 Å². The lowest BCUT2D eigenvalue weighted by molar-refractivity contribution is -0.458. The molecular formula is C11H12NO+. The Labute approximate surface area is 77.5 Å². The van der Waals surface area contributed by atoms with Crippen LogP contribution in [0.2, 0.25) is 0 Å². The van der Waals surface area contributed by atoms with Gasteiger partial charge in [-0.3, -0.25) is 0 Å². The molecule has 0 amide bonds. The summed E-state index contributed by atoms with van der Waals surface area (Å²) in [6.07, 6.45) is 4.01. The average Bonchev–Trinajstić information content (AvgIpc) is 2.20. The molecule has 0 N–H and O–H groups in total. The van der Waals surface area contributed by atoms with Gasteiger partial charge in [-0.15, -0.1) is 0 Å². The lowest BCUT2D eigenvalue weighted by atomic mass is 10.1. The van der Waals surface area contributed by atoms with Crippen LogP contribution in [0.15, 0.2) is 36.4 Å². The molecule has 0 spiro atoms. The van der Waals surface area contributed by atoms with E-state index < -0.39 is 0 Å². The molecule has 2 heteroatoms. The molecule has 0 atom stereocenters. The van der Waals surface area contributed by atoms with E-state index >= 15 is 0 Å². The molecule has 1 aliphatic heterocycles. The van der Waals surface area contributed by atoms with Crippen LogP contribution in [0.4, 0.5) is 0 Å². The van der Waals surface area contributed by atoms with Crippen molar-refractivity contribution < 1.29 is 4.76 Å². The van der Waals surface area contributed by atoms with Gasteiger partial charge in [-0.2, -0.15) is 0 Å². The monoisotopic (exact) mass is 174 g/mol. The molecule has 1 aromatic rings. The van der Waals surface area contributed by atoms with Crippen molar-refractivity contribution in [3.63, 3.8) is 0 Å². The van der Waals surface area contributed by atoms with Crippen LogP contribution in [0, 0.1) is 4.91 Å². The fraction of sp³-hybridized carbons (Fsp3) is 0.273. The van der Waals surface area contributed by atoms with E-state index in [9.17, 15) is 4.91 Å². The first-order chi connectivity index (χ1) is 6.38. The van der Waals surface area contributed by atoms with E-state index in [-0.39, 0.29) is 0 Å². The van der Waals surface area contributed by atoms with Gasteiger partial charge in [-0.05, 0) is 24.6 Å². The molecule has 0 saturated heterocycles. The highest BCUT2D eigenvalue weighted by Crippen LogP contribution is 2.20. The van der Waals surface area contributed by atoms with Crippen LogP contribution < -0.4 is 0 Å². The molecule has 2 rings (SSSR count). The maximum Gasteiger partial charge on any atom is 0.259 e. The highest BCUT2D eigenvalue weighted by atomic mass is 16.3. The highest BCUT2D eigenvalue weighted by Gasteiger charge is 2.22. The van der Waals surface area contributed by atoms with Gasteiger partial charge in [0.15, 0.2) is 6.54 Å². The van der Waals surface area contributed by atoms with E-state index in [4.69, 9.17) is 0 Å². The molecule has 1 heterocycles. The largest absolute Gasteiger partial charge is 0.259 e. The van der Waals surface area contributed by atoms with Crippen molar-refractivity contribution in [3.8, 4) is 0 Å². The van der Waals surface area contributed by atoms with Crippen molar-refractivity contribution in [3.05, 3.63) is 46.9 Å². The van der Waals surface area contributed by atoms with Crippen LogP contribution in [-0.2, 0) is 0 Å². The number of allylic oxidation sites excluding steroid dienone is 1. The van der Waals surface area contributed by atoms with Gasteiger partial charge in [0.2, 0.25) is 0 Å². The molecule has 0 aliphatic carbocycles. The van der Waals surface area contributed by atoms with Gasteiger partial charge >= 0.3 is 0 Å². The zero-order valence-corrected chi connectivity index (χ0v) is 7.44. The number of rotatable bonds is 1. The van der Waals surface area contributed by atoms with Gasteiger partial charge in [-0.25, -0.2) is 0 Å². The number of hydrogen-bond donors (Lipinski definition) is 0. The van der Waals surface area contributed by atoms with Gasteiger partial charge in [0.25, 0.3) is 5.70 Å². The van der Waals surface area contributed by atoms with Crippen LogP contribution in [0.5, 0.6) is 0 Å². The van der Waals surface area contributed by atoms with Gasteiger partial charge in [0.05, 0.1) is 5.56 Å². The number of benzene rings is 1. The molecule has 13 heavy (non-hydrogen) atoms. The van der Waals surface area contributed by atoms with E-state index in [1.807, 2.05) is 36.4 Å². The molecule has 1 aliphatic rings. The summed E-state index contributed by atoms with van der Waals surface area (Å²) >= 11 is 0. The molecule has 2 nitrogen and oxygen atoms in total. The summed E-state index contributed by atoms with van der Waals surface area (Å²) < 4.78 is 1.08. The third-order valence-electron chi connectivity index (χ3n) is 2.24. The fourth-order valence-electron chi connectivity index (χ4n) is 1.57. The highest BCUT2D eigenvalue weighted by molar-refractivity contribution is 5.58. The summed E-state index contributed by atoms with van der Waals surface area (Å²) in [5, 5.41) is 0. The van der Waals surface area contributed by atoms with Gasteiger partial charge in [0, 0.05) is 16.1 Å². The van der Waals surface area contributed by atoms with Crippen LogP contribution >= 0.6 is 0 Å². The maximum atomic E-state index is 11.4. The second-order valence-corrected chi connectivity index (χ2v) is 3.20. The Hall–Kier alpha value is -1.44. The Balaban J connectivity index is 2.35. The molecule has 0 saturated carbocycles. The molecule has 0 fully saturated rings. The normalized spacial score (nSPS) is 16.9. The first-order valence-corrected chi connectivity index (χ1v) is 4.58.